The molecule has 2 aliphatic rings. The summed E-state index contributed by atoms with van der Waals surface area (Å²) in [7, 11) is 0. The molecule has 1 aromatic carbocycles. The molecule has 4 rings (SSSR count). The maximum atomic E-state index is 12.8. The van der Waals surface area contributed by atoms with Gasteiger partial charge in [-0.1, -0.05) is 18.2 Å². The van der Waals surface area contributed by atoms with Crippen molar-refractivity contribution in [2.24, 2.45) is 5.92 Å². The number of rotatable bonds is 3. The van der Waals surface area contributed by atoms with Crippen LogP contribution in [0.15, 0.2) is 42.6 Å². The molecule has 1 amide bonds. The third kappa shape index (κ3) is 3.72. The van der Waals surface area contributed by atoms with Crippen LogP contribution in [0.5, 0.6) is 5.75 Å². The lowest BCUT2D eigenvalue weighted by Gasteiger charge is -2.33. The minimum Gasteiger partial charge on any atom is -0.493 e. The molecule has 1 unspecified atom stereocenters. The Labute approximate surface area is 158 Å². The second-order valence-corrected chi connectivity index (χ2v) is 7.01. The van der Waals surface area contributed by atoms with Crippen molar-refractivity contribution in [1.82, 2.24) is 10.3 Å². The van der Waals surface area contributed by atoms with E-state index in [9.17, 15) is 4.79 Å². The minimum absolute atomic E-state index is 0.0228. The molecule has 1 N–H and O–H groups in total. The van der Waals surface area contributed by atoms with E-state index in [0.717, 1.165) is 49.5 Å². The second kappa shape index (κ2) is 7.67. The standard InChI is InChI=1S/C21H22N4O2/c22-13-15-5-6-20(23-14-15)25-10-7-16(8-11-25)21(26)24-18-9-12-27-19-4-2-1-3-17(18)19/h1-6,14,16,18H,7-12H2,(H,24,26). The Kier molecular flexibility index (Phi) is 4.93. The highest BCUT2D eigenvalue weighted by atomic mass is 16.5. The highest BCUT2D eigenvalue weighted by Gasteiger charge is 2.29. The van der Waals surface area contributed by atoms with Gasteiger partial charge in [0.15, 0.2) is 0 Å². The zero-order valence-electron chi connectivity index (χ0n) is 15.1. The molecule has 0 bridgehead atoms. The van der Waals surface area contributed by atoms with Gasteiger partial charge in [0.05, 0.1) is 18.2 Å². The van der Waals surface area contributed by atoms with E-state index in [1.165, 1.54) is 0 Å². The number of amides is 1. The summed E-state index contributed by atoms with van der Waals surface area (Å²) < 4.78 is 5.68. The number of anilines is 1. The van der Waals surface area contributed by atoms with Gasteiger partial charge in [-0.05, 0) is 31.0 Å². The summed E-state index contributed by atoms with van der Waals surface area (Å²) in [4.78, 5) is 19.3. The van der Waals surface area contributed by atoms with Gasteiger partial charge in [-0.2, -0.15) is 5.26 Å². The summed E-state index contributed by atoms with van der Waals surface area (Å²) in [5.41, 5.74) is 1.63. The van der Waals surface area contributed by atoms with Crippen molar-refractivity contribution in [3.63, 3.8) is 0 Å². The zero-order valence-corrected chi connectivity index (χ0v) is 15.1. The maximum Gasteiger partial charge on any atom is 0.223 e. The quantitative estimate of drug-likeness (QED) is 0.908. The molecule has 1 fully saturated rings. The fourth-order valence-electron chi connectivity index (χ4n) is 3.79. The van der Waals surface area contributed by atoms with Crippen LogP contribution in [-0.2, 0) is 4.79 Å². The Bertz CT molecular complexity index is 851. The maximum absolute atomic E-state index is 12.8. The van der Waals surface area contributed by atoms with E-state index in [0.29, 0.717) is 12.2 Å². The van der Waals surface area contributed by atoms with Gasteiger partial charge in [0.25, 0.3) is 0 Å². The molecule has 138 valence electrons. The smallest absolute Gasteiger partial charge is 0.223 e. The summed E-state index contributed by atoms with van der Waals surface area (Å²) in [6.07, 6.45) is 4.00. The number of para-hydroxylation sites is 1. The van der Waals surface area contributed by atoms with Crippen LogP contribution in [0.3, 0.4) is 0 Å². The van der Waals surface area contributed by atoms with E-state index in [-0.39, 0.29) is 17.9 Å². The first-order chi connectivity index (χ1) is 13.2. The highest BCUT2D eigenvalue weighted by Crippen LogP contribution is 2.32. The predicted octanol–water partition coefficient (Wildman–Crippen LogP) is 2.81. The highest BCUT2D eigenvalue weighted by molar-refractivity contribution is 5.79. The molecule has 1 aromatic heterocycles. The molecule has 0 radical (unpaired) electrons. The van der Waals surface area contributed by atoms with E-state index in [4.69, 9.17) is 10.00 Å². The van der Waals surface area contributed by atoms with Crippen molar-refractivity contribution in [3.8, 4) is 11.8 Å². The summed E-state index contributed by atoms with van der Waals surface area (Å²) in [5.74, 6) is 1.89. The number of nitrogens with zero attached hydrogens (tertiary/aromatic N) is 3. The van der Waals surface area contributed by atoms with Gasteiger partial charge in [-0.25, -0.2) is 4.98 Å². The molecular formula is C21H22N4O2. The number of benzene rings is 1. The monoisotopic (exact) mass is 362 g/mol. The summed E-state index contributed by atoms with van der Waals surface area (Å²) in [6, 6.07) is 13.7. The molecular weight excluding hydrogens is 340 g/mol. The number of hydrogen-bond donors (Lipinski definition) is 1. The van der Waals surface area contributed by atoms with Crippen LogP contribution in [0.25, 0.3) is 0 Å². The van der Waals surface area contributed by atoms with Crippen LogP contribution < -0.4 is 15.0 Å². The number of ether oxygens (including phenoxy) is 1. The average Bonchev–Trinajstić information content (AvgIpc) is 2.74. The van der Waals surface area contributed by atoms with Gasteiger partial charge >= 0.3 is 0 Å². The van der Waals surface area contributed by atoms with Gasteiger partial charge in [0.2, 0.25) is 5.91 Å². The van der Waals surface area contributed by atoms with Crippen molar-refractivity contribution in [1.29, 1.82) is 5.26 Å². The van der Waals surface area contributed by atoms with Gasteiger partial charge in [-0.15, -0.1) is 0 Å². The molecule has 1 atom stereocenters. The number of nitrogens with one attached hydrogen (secondary N) is 1. The Balaban J connectivity index is 1.34. The third-order valence-electron chi connectivity index (χ3n) is 5.34. The molecule has 0 spiro atoms. The van der Waals surface area contributed by atoms with Crippen molar-refractivity contribution in [2.45, 2.75) is 25.3 Å². The van der Waals surface area contributed by atoms with Gasteiger partial charge in [-0.3, -0.25) is 4.79 Å². The molecule has 6 nitrogen and oxygen atoms in total. The van der Waals surface area contributed by atoms with Crippen molar-refractivity contribution >= 4 is 11.7 Å². The van der Waals surface area contributed by atoms with Crippen LogP contribution in [0, 0.1) is 17.2 Å². The van der Waals surface area contributed by atoms with E-state index in [2.05, 4.69) is 21.3 Å². The van der Waals surface area contributed by atoms with E-state index in [1.54, 1.807) is 12.3 Å². The van der Waals surface area contributed by atoms with E-state index in [1.807, 2.05) is 30.3 Å². The topological polar surface area (TPSA) is 78.2 Å². The largest absolute Gasteiger partial charge is 0.493 e. The third-order valence-corrected chi connectivity index (χ3v) is 5.34. The average molecular weight is 362 g/mol. The Morgan fingerprint density at radius 2 is 2.00 bits per heavy atom. The number of nitriles is 1. The number of carbonyl (C=O) groups excluding carboxylic acids is 1. The first kappa shape index (κ1) is 17.3. The number of aromatic nitrogens is 1. The molecule has 27 heavy (non-hydrogen) atoms. The summed E-state index contributed by atoms with van der Waals surface area (Å²) >= 11 is 0. The Morgan fingerprint density at radius 1 is 1.19 bits per heavy atom. The fraction of sp³-hybridized carbons (Fsp3) is 0.381. The van der Waals surface area contributed by atoms with Crippen LogP contribution >= 0.6 is 0 Å². The number of hydrogen-bond acceptors (Lipinski definition) is 5. The molecule has 0 saturated carbocycles. The number of pyridine rings is 1. The SMILES string of the molecule is N#Cc1ccc(N2CCC(C(=O)NC3CCOc4ccccc43)CC2)nc1. The van der Waals surface area contributed by atoms with Crippen LogP contribution in [0.4, 0.5) is 5.82 Å². The fourth-order valence-corrected chi connectivity index (χ4v) is 3.79. The zero-order chi connectivity index (χ0) is 18.6. The van der Waals surface area contributed by atoms with Crippen molar-refractivity contribution < 1.29 is 9.53 Å². The van der Waals surface area contributed by atoms with Gasteiger partial charge < -0.3 is 15.0 Å². The van der Waals surface area contributed by atoms with Crippen LogP contribution in [0.2, 0.25) is 0 Å². The predicted molar refractivity (Wildman–Crippen MR) is 101 cm³/mol. The number of fused-ring (bicyclic) bond motifs is 1. The van der Waals surface area contributed by atoms with E-state index < -0.39 is 0 Å². The lowest BCUT2D eigenvalue weighted by molar-refractivity contribution is -0.126. The number of carbonyl (C=O) groups is 1. The lowest BCUT2D eigenvalue weighted by atomic mass is 9.94. The molecule has 0 aliphatic carbocycles. The van der Waals surface area contributed by atoms with Crippen molar-refractivity contribution in [3.05, 3.63) is 53.7 Å². The van der Waals surface area contributed by atoms with Gasteiger partial charge in [0.1, 0.15) is 17.6 Å². The van der Waals surface area contributed by atoms with Crippen LogP contribution in [-0.4, -0.2) is 30.6 Å². The Hall–Kier alpha value is -3.07. The second-order valence-electron chi connectivity index (χ2n) is 7.01. The van der Waals surface area contributed by atoms with Crippen molar-refractivity contribution in [2.75, 3.05) is 24.6 Å². The molecule has 2 aliphatic heterocycles. The number of piperidine rings is 1. The minimum atomic E-state index is 0.0228. The van der Waals surface area contributed by atoms with E-state index >= 15 is 0 Å². The summed E-state index contributed by atoms with van der Waals surface area (Å²) in [6.45, 7) is 2.22. The first-order valence-electron chi connectivity index (χ1n) is 9.38. The first-order valence-corrected chi connectivity index (χ1v) is 9.38. The molecule has 1 saturated heterocycles. The lowest BCUT2D eigenvalue weighted by Crippen LogP contribution is -2.42. The Morgan fingerprint density at radius 3 is 2.74 bits per heavy atom. The summed E-state index contributed by atoms with van der Waals surface area (Å²) in [5, 5.41) is 12.1. The normalized spacial score (nSPS) is 19.5. The van der Waals surface area contributed by atoms with Crippen LogP contribution in [0.1, 0.15) is 36.4 Å². The molecule has 6 heteroatoms. The molecule has 2 aromatic rings. The van der Waals surface area contributed by atoms with Gasteiger partial charge in [0, 0.05) is 37.2 Å². The molecule has 3 heterocycles.